The monoisotopic (exact) mass is 226 g/mol. The molecule has 0 aliphatic carbocycles. The molecule has 0 aliphatic heterocycles. The number of hydrogen-bond donors (Lipinski definition) is 0. The van der Waals surface area contributed by atoms with E-state index in [4.69, 9.17) is 0 Å². The van der Waals surface area contributed by atoms with E-state index in [0.717, 1.165) is 17.8 Å². The second kappa shape index (κ2) is 7.35. The molecule has 2 unspecified atom stereocenters. The summed E-state index contributed by atoms with van der Waals surface area (Å²) in [5.74, 6) is 2.59. The minimum Gasteiger partial charge on any atom is -0.0651 e. The van der Waals surface area contributed by atoms with Crippen LogP contribution in [0.1, 0.15) is 80.6 Å². The van der Waals surface area contributed by atoms with Crippen LogP contribution in [-0.2, 0) is 0 Å². The Morgan fingerprint density at radius 1 is 0.875 bits per heavy atom. The van der Waals surface area contributed by atoms with Gasteiger partial charge in [0.25, 0.3) is 0 Å². The molecule has 0 fully saturated rings. The summed E-state index contributed by atoms with van der Waals surface area (Å²) in [6, 6.07) is 0. The molecule has 0 heterocycles. The van der Waals surface area contributed by atoms with Crippen molar-refractivity contribution < 1.29 is 0 Å². The number of rotatable bonds is 8. The summed E-state index contributed by atoms with van der Waals surface area (Å²) >= 11 is 0. The molecule has 0 bridgehead atoms. The molecular formula is C16H34. The van der Waals surface area contributed by atoms with E-state index in [1.807, 2.05) is 0 Å². The van der Waals surface area contributed by atoms with Gasteiger partial charge in [-0.2, -0.15) is 0 Å². The molecule has 2 atom stereocenters. The summed E-state index contributed by atoms with van der Waals surface area (Å²) in [4.78, 5) is 0. The molecule has 0 amide bonds. The van der Waals surface area contributed by atoms with Gasteiger partial charge >= 0.3 is 0 Å². The third-order valence-corrected chi connectivity index (χ3v) is 4.73. The predicted molar refractivity (Wildman–Crippen MR) is 75.7 cm³/mol. The first-order valence-corrected chi connectivity index (χ1v) is 7.41. The summed E-state index contributed by atoms with van der Waals surface area (Å²) in [5, 5.41) is 0. The van der Waals surface area contributed by atoms with Crippen molar-refractivity contribution >= 4 is 0 Å². The van der Waals surface area contributed by atoms with E-state index in [9.17, 15) is 0 Å². The van der Waals surface area contributed by atoms with Gasteiger partial charge in [-0.05, 0) is 36.0 Å². The van der Waals surface area contributed by atoms with Gasteiger partial charge in [0.1, 0.15) is 0 Å². The van der Waals surface area contributed by atoms with Crippen LogP contribution in [-0.4, -0.2) is 0 Å². The van der Waals surface area contributed by atoms with Crippen LogP contribution in [0, 0.1) is 23.2 Å². The molecule has 98 valence electrons. The van der Waals surface area contributed by atoms with Gasteiger partial charge in [0.15, 0.2) is 0 Å². The lowest BCUT2D eigenvalue weighted by Crippen LogP contribution is -2.30. The van der Waals surface area contributed by atoms with Crippen molar-refractivity contribution in [3.63, 3.8) is 0 Å². The fraction of sp³-hybridized carbons (Fsp3) is 1.00. The zero-order chi connectivity index (χ0) is 12.8. The lowest BCUT2D eigenvalue weighted by Gasteiger charge is -2.41. The molecule has 0 nitrogen and oxygen atoms in total. The molecule has 16 heavy (non-hydrogen) atoms. The average molecular weight is 226 g/mol. The van der Waals surface area contributed by atoms with Crippen molar-refractivity contribution in [2.24, 2.45) is 23.2 Å². The summed E-state index contributed by atoms with van der Waals surface area (Å²) in [6.45, 7) is 16.7. The van der Waals surface area contributed by atoms with E-state index < -0.39 is 0 Å². The molecule has 0 aromatic rings. The molecule has 0 rings (SSSR count). The van der Waals surface area contributed by atoms with Crippen molar-refractivity contribution in [1.29, 1.82) is 0 Å². The minimum atomic E-state index is 0.597. The summed E-state index contributed by atoms with van der Waals surface area (Å²) in [7, 11) is 0. The standard InChI is InChI=1S/C16H34/c1-8-14(6)12-16(9-2,10-3)15(7)11-13(4)5/h13-15H,8-12H2,1-7H3. The molecule has 0 N–H and O–H groups in total. The first-order chi connectivity index (χ1) is 7.41. The van der Waals surface area contributed by atoms with E-state index in [2.05, 4.69) is 48.5 Å². The Kier molecular flexibility index (Phi) is 7.35. The van der Waals surface area contributed by atoms with E-state index in [0.29, 0.717) is 5.41 Å². The topological polar surface area (TPSA) is 0 Å². The molecule has 0 saturated heterocycles. The van der Waals surface area contributed by atoms with Crippen LogP contribution in [0.15, 0.2) is 0 Å². The van der Waals surface area contributed by atoms with Crippen LogP contribution >= 0.6 is 0 Å². The maximum Gasteiger partial charge on any atom is -0.0274 e. The molecule has 0 aromatic heterocycles. The van der Waals surface area contributed by atoms with E-state index in [1.54, 1.807) is 0 Å². The first-order valence-electron chi connectivity index (χ1n) is 7.41. The minimum absolute atomic E-state index is 0.597. The van der Waals surface area contributed by atoms with Crippen LogP contribution in [0.25, 0.3) is 0 Å². The smallest absolute Gasteiger partial charge is 0.0274 e. The maximum absolute atomic E-state index is 2.48. The van der Waals surface area contributed by atoms with E-state index in [-0.39, 0.29) is 0 Å². The SMILES string of the molecule is CCC(C)CC(CC)(CC)C(C)CC(C)C. The summed E-state index contributed by atoms with van der Waals surface area (Å²) < 4.78 is 0. The van der Waals surface area contributed by atoms with Crippen LogP contribution in [0.2, 0.25) is 0 Å². The van der Waals surface area contributed by atoms with E-state index in [1.165, 1.54) is 32.1 Å². The van der Waals surface area contributed by atoms with Gasteiger partial charge in [-0.1, -0.05) is 67.7 Å². The Morgan fingerprint density at radius 2 is 1.38 bits per heavy atom. The van der Waals surface area contributed by atoms with Crippen LogP contribution in [0.4, 0.5) is 0 Å². The number of hydrogen-bond acceptors (Lipinski definition) is 0. The van der Waals surface area contributed by atoms with Crippen molar-refractivity contribution in [3.05, 3.63) is 0 Å². The normalized spacial score (nSPS) is 16.5. The lowest BCUT2D eigenvalue weighted by atomic mass is 9.65. The van der Waals surface area contributed by atoms with Crippen molar-refractivity contribution in [2.45, 2.75) is 80.6 Å². The molecule has 0 spiro atoms. The zero-order valence-electron chi connectivity index (χ0n) is 12.8. The van der Waals surface area contributed by atoms with Crippen LogP contribution in [0.5, 0.6) is 0 Å². The van der Waals surface area contributed by atoms with E-state index >= 15 is 0 Å². The van der Waals surface area contributed by atoms with Crippen LogP contribution < -0.4 is 0 Å². The highest BCUT2D eigenvalue weighted by atomic mass is 14.4. The third-order valence-electron chi connectivity index (χ3n) is 4.73. The first kappa shape index (κ1) is 16.0. The second-order valence-corrected chi connectivity index (χ2v) is 6.32. The molecule has 0 saturated carbocycles. The van der Waals surface area contributed by atoms with Gasteiger partial charge in [0.2, 0.25) is 0 Å². The third kappa shape index (κ3) is 4.47. The van der Waals surface area contributed by atoms with Crippen LogP contribution in [0.3, 0.4) is 0 Å². The van der Waals surface area contributed by atoms with Gasteiger partial charge in [-0.25, -0.2) is 0 Å². The molecule has 0 heteroatoms. The molecule has 0 aromatic carbocycles. The fourth-order valence-corrected chi connectivity index (χ4v) is 3.23. The Morgan fingerprint density at radius 3 is 1.69 bits per heavy atom. The van der Waals surface area contributed by atoms with Gasteiger partial charge in [0.05, 0.1) is 0 Å². The quantitative estimate of drug-likeness (QED) is 0.482. The van der Waals surface area contributed by atoms with Crippen molar-refractivity contribution in [3.8, 4) is 0 Å². The molecular weight excluding hydrogens is 192 g/mol. The summed E-state index contributed by atoms with van der Waals surface area (Å²) in [6.07, 6.45) is 6.84. The van der Waals surface area contributed by atoms with Gasteiger partial charge < -0.3 is 0 Å². The zero-order valence-corrected chi connectivity index (χ0v) is 12.8. The Hall–Kier alpha value is 0. The summed E-state index contributed by atoms with van der Waals surface area (Å²) in [5.41, 5.74) is 0.597. The fourth-order valence-electron chi connectivity index (χ4n) is 3.23. The highest BCUT2D eigenvalue weighted by molar-refractivity contribution is 4.84. The lowest BCUT2D eigenvalue weighted by molar-refractivity contribution is 0.0985. The highest BCUT2D eigenvalue weighted by Gasteiger charge is 2.33. The highest BCUT2D eigenvalue weighted by Crippen LogP contribution is 2.44. The van der Waals surface area contributed by atoms with Crippen molar-refractivity contribution in [2.75, 3.05) is 0 Å². The maximum atomic E-state index is 2.48. The molecule has 0 radical (unpaired) electrons. The van der Waals surface area contributed by atoms with Gasteiger partial charge in [-0.3, -0.25) is 0 Å². The predicted octanol–water partition coefficient (Wildman–Crippen LogP) is 5.91. The Labute approximate surface area is 104 Å². The Balaban J connectivity index is 4.64. The largest absolute Gasteiger partial charge is 0.0651 e. The Bertz CT molecular complexity index is 165. The average Bonchev–Trinajstić information content (AvgIpc) is 2.24. The van der Waals surface area contributed by atoms with Gasteiger partial charge in [0, 0.05) is 0 Å². The second-order valence-electron chi connectivity index (χ2n) is 6.32. The molecule has 0 aliphatic rings. The van der Waals surface area contributed by atoms with Gasteiger partial charge in [-0.15, -0.1) is 0 Å². The van der Waals surface area contributed by atoms with Crippen molar-refractivity contribution in [1.82, 2.24) is 0 Å².